The van der Waals surface area contributed by atoms with Gasteiger partial charge in [-0.25, -0.2) is 9.97 Å². The molecule has 11 aromatic rings. The molecule has 0 fully saturated rings. The first-order valence-electron chi connectivity index (χ1n) is 18.3. The Hall–Kier alpha value is -7.30. The largest absolute Gasteiger partial charge is 0.309 e. The van der Waals surface area contributed by atoms with Crippen LogP contribution in [0.1, 0.15) is 0 Å². The van der Waals surface area contributed by atoms with Crippen molar-refractivity contribution in [3.63, 3.8) is 0 Å². The average molecular weight is 689 g/mol. The fraction of sp³-hybridized carbons (Fsp3) is 0. The van der Waals surface area contributed by atoms with E-state index >= 15 is 0 Å². The van der Waals surface area contributed by atoms with Gasteiger partial charge in [-0.05, 0) is 53.9 Å². The summed E-state index contributed by atoms with van der Waals surface area (Å²) >= 11 is 0. The third-order valence-corrected chi connectivity index (χ3v) is 10.7. The topological polar surface area (TPSA) is 35.6 Å². The Labute approximate surface area is 311 Å². The minimum Gasteiger partial charge on any atom is -0.309 e. The van der Waals surface area contributed by atoms with Crippen LogP contribution in [0.2, 0.25) is 0 Å². The second kappa shape index (κ2) is 12.1. The molecule has 11 rings (SSSR count). The first-order chi connectivity index (χ1) is 26.8. The van der Waals surface area contributed by atoms with Crippen LogP contribution in [0.5, 0.6) is 0 Å². The van der Waals surface area contributed by atoms with Gasteiger partial charge in [0.05, 0.1) is 39.1 Å². The number of hydrogen-bond donors (Lipinski definition) is 0. The Morgan fingerprint density at radius 1 is 0.352 bits per heavy atom. The molecule has 252 valence electrons. The molecule has 0 radical (unpaired) electrons. The lowest BCUT2D eigenvalue weighted by molar-refractivity contribution is 1.17. The monoisotopic (exact) mass is 688 g/mol. The molecule has 0 saturated heterocycles. The lowest BCUT2D eigenvalue weighted by Gasteiger charge is -2.15. The van der Waals surface area contributed by atoms with Gasteiger partial charge in [0.15, 0.2) is 5.82 Å². The molecule has 0 aliphatic carbocycles. The molecule has 3 heterocycles. The summed E-state index contributed by atoms with van der Waals surface area (Å²) < 4.78 is 4.88. The molecule has 4 nitrogen and oxygen atoms in total. The quantitative estimate of drug-likeness (QED) is 0.180. The maximum atomic E-state index is 5.24. The summed E-state index contributed by atoms with van der Waals surface area (Å²) in [5.41, 5.74) is 11.8. The molecule has 54 heavy (non-hydrogen) atoms. The van der Waals surface area contributed by atoms with Crippen LogP contribution in [0.3, 0.4) is 0 Å². The number of hydrogen-bond acceptors (Lipinski definition) is 2. The Morgan fingerprint density at radius 2 is 0.907 bits per heavy atom. The predicted molar refractivity (Wildman–Crippen MR) is 225 cm³/mol. The van der Waals surface area contributed by atoms with E-state index in [0.717, 1.165) is 61.3 Å². The highest BCUT2D eigenvalue weighted by Gasteiger charge is 2.22. The van der Waals surface area contributed by atoms with Crippen LogP contribution in [-0.2, 0) is 0 Å². The second-order valence-electron chi connectivity index (χ2n) is 13.8. The third kappa shape index (κ3) is 4.70. The number of benzene rings is 8. The van der Waals surface area contributed by atoms with E-state index in [9.17, 15) is 0 Å². The molecule has 8 aromatic carbocycles. The lowest BCUT2D eigenvalue weighted by Crippen LogP contribution is -1.99. The van der Waals surface area contributed by atoms with Gasteiger partial charge in [-0.2, -0.15) is 0 Å². The Bertz CT molecular complexity index is 3140. The summed E-state index contributed by atoms with van der Waals surface area (Å²) in [6, 6.07) is 68.9. The Kier molecular flexibility index (Phi) is 6.82. The normalized spacial score (nSPS) is 11.7. The fourth-order valence-corrected chi connectivity index (χ4v) is 8.31. The van der Waals surface area contributed by atoms with Gasteiger partial charge in [-0.15, -0.1) is 0 Å². The summed E-state index contributed by atoms with van der Waals surface area (Å²) in [5.74, 6) is 0.689. The van der Waals surface area contributed by atoms with E-state index in [4.69, 9.17) is 9.97 Å². The van der Waals surface area contributed by atoms with Crippen molar-refractivity contribution in [2.24, 2.45) is 0 Å². The average Bonchev–Trinajstić information content (AvgIpc) is 3.77. The Balaban J connectivity index is 1.24. The minimum atomic E-state index is 0.689. The molecule has 3 aromatic heterocycles. The number of rotatable bonds is 5. The van der Waals surface area contributed by atoms with Gasteiger partial charge in [0.2, 0.25) is 0 Å². The van der Waals surface area contributed by atoms with Crippen LogP contribution in [-0.4, -0.2) is 19.1 Å². The van der Waals surface area contributed by atoms with Gasteiger partial charge in [-0.1, -0.05) is 146 Å². The molecular formula is C50H32N4. The molecule has 0 unspecified atom stereocenters. The first kappa shape index (κ1) is 30.3. The molecule has 0 N–H and O–H groups in total. The van der Waals surface area contributed by atoms with Crippen LogP contribution in [0.4, 0.5) is 0 Å². The van der Waals surface area contributed by atoms with Crippen molar-refractivity contribution in [1.29, 1.82) is 0 Å². The summed E-state index contributed by atoms with van der Waals surface area (Å²) in [6.07, 6.45) is 0. The lowest BCUT2D eigenvalue weighted by atomic mass is 10.0. The van der Waals surface area contributed by atoms with E-state index < -0.39 is 0 Å². The van der Waals surface area contributed by atoms with E-state index in [-0.39, 0.29) is 0 Å². The molecule has 0 atom stereocenters. The molecule has 0 spiro atoms. The van der Waals surface area contributed by atoms with Gasteiger partial charge in [0.25, 0.3) is 0 Å². The highest BCUT2D eigenvalue weighted by molar-refractivity contribution is 6.26. The number of aromatic nitrogens is 4. The summed E-state index contributed by atoms with van der Waals surface area (Å²) in [4.78, 5) is 10.5. The Morgan fingerprint density at radius 3 is 1.59 bits per heavy atom. The number of fused-ring (bicyclic) bond motifs is 8. The van der Waals surface area contributed by atoms with Gasteiger partial charge >= 0.3 is 0 Å². The summed E-state index contributed by atoms with van der Waals surface area (Å²) in [7, 11) is 0. The standard InChI is InChI=1S/C50H32N4/c1-4-16-33(17-5-1)42-32-43(34-18-6-2-7-19-34)52-50(51-42)36-30-35-20-10-11-23-38(35)47(31-36)54-45-27-15-13-25-41(45)48-46(54)29-28-40-39-24-12-14-26-44(39)53(49(40)48)37-21-8-3-9-22-37/h1-32H. The smallest absolute Gasteiger partial charge is 0.160 e. The molecule has 0 aliphatic rings. The van der Waals surface area contributed by atoms with E-state index in [1.807, 2.05) is 12.1 Å². The van der Waals surface area contributed by atoms with Gasteiger partial charge in [0.1, 0.15) is 0 Å². The molecule has 0 saturated carbocycles. The van der Waals surface area contributed by atoms with Crippen molar-refractivity contribution in [2.75, 3.05) is 0 Å². The molecule has 0 amide bonds. The highest BCUT2D eigenvalue weighted by atomic mass is 15.0. The van der Waals surface area contributed by atoms with Crippen LogP contribution in [0.25, 0.3) is 99.7 Å². The van der Waals surface area contributed by atoms with Crippen LogP contribution < -0.4 is 0 Å². The maximum Gasteiger partial charge on any atom is 0.160 e. The van der Waals surface area contributed by atoms with Crippen LogP contribution in [0.15, 0.2) is 194 Å². The van der Waals surface area contributed by atoms with Crippen molar-refractivity contribution >= 4 is 54.4 Å². The highest BCUT2D eigenvalue weighted by Crippen LogP contribution is 2.43. The fourth-order valence-electron chi connectivity index (χ4n) is 8.31. The van der Waals surface area contributed by atoms with Crippen molar-refractivity contribution < 1.29 is 0 Å². The predicted octanol–water partition coefficient (Wildman–Crippen LogP) is 12.8. The molecular weight excluding hydrogens is 657 g/mol. The van der Waals surface area contributed by atoms with E-state index in [0.29, 0.717) is 5.82 Å². The zero-order chi connectivity index (χ0) is 35.6. The first-order valence-corrected chi connectivity index (χ1v) is 18.3. The number of nitrogens with zero attached hydrogens (tertiary/aromatic N) is 4. The SMILES string of the molecule is c1ccc(-c2cc(-c3ccccc3)nc(-c3cc(-n4c5ccccc5c5c4ccc4c6ccccc6n(-c6ccccc6)c45)c4ccccc4c3)n2)cc1. The van der Waals surface area contributed by atoms with Crippen LogP contribution in [0, 0.1) is 0 Å². The van der Waals surface area contributed by atoms with E-state index in [1.54, 1.807) is 0 Å². The van der Waals surface area contributed by atoms with E-state index in [1.165, 1.54) is 32.6 Å². The third-order valence-electron chi connectivity index (χ3n) is 10.7. The zero-order valence-corrected chi connectivity index (χ0v) is 29.3. The molecule has 0 aliphatic heterocycles. The molecule has 0 bridgehead atoms. The van der Waals surface area contributed by atoms with Crippen molar-refractivity contribution in [1.82, 2.24) is 19.1 Å². The zero-order valence-electron chi connectivity index (χ0n) is 29.3. The minimum absolute atomic E-state index is 0.689. The van der Waals surface area contributed by atoms with Crippen molar-refractivity contribution in [3.8, 4) is 45.3 Å². The van der Waals surface area contributed by atoms with E-state index in [2.05, 4.69) is 191 Å². The number of para-hydroxylation sites is 3. The van der Waals surface area contributed by atoms with Crippen molar-refractivity contribution in [2.45, 2.75) is 0 Å². The van der Waals surface area contributed by atoms with Gasteiger partial charge in [-0.3, -0.25) is 0 Å². The van der Waals surface area contributed by atoms with Crippen LogP contribution >= 0.6 is 0 Å². The summed E-state index contributed by atoms with van der Waals surface area (Å²) in [6.45, 7) is 0. The second-order valence-corrected chi connectivity index (χ2v) is 13.8. The van der Waals surface area contributed by atoms with Crippen molar-refractivity contribution in [3.05, 3.63) is 194 Å². The summed E-state index contributed by atoms with van der Waals surface area (Å²) in [5, 5.41) is 7.21. The van der Waals surface area contributed by atoms with Gasteiger partial charge in [0, 0.05) is 49.3 Å². The van der Waals surface area contributed by atoms with Gasteiger partial charge < -0.3 is 9.13 Å². The maximum absolute atomic E-state index is 5.24. The molecule has 4 heteroatoms.